The molecule has 0 N–H and O–H groups in total. The SMILES string of the molecule is CCCCCCCCCCCCCCc1ccc(CCCCCCCCCCCCCC)c2c(S(=O)(=O)[O-])cccc12.CCCCCCCCCCCCCCc1ccc(CCCCCCCCCCCCCC)c2c(S(=O)(=O)[O-])cccc12.[Ba+2]. The zero-order valence-corrected chi connectivity index (χ0v) is 61.6. The van der Waals surface area contributed by atoms with Crippen LogP contribution in [0.25, 0.3) is 21.5 Å². The van der Waals surface area contributed by atoms with Crippen LogP contribution in [-0.4, -0.2) is 74.8 Å². The Morgan fingerprint density at radius 2 is 0.424 bits per heavy atom. The van der Waals surface area contributed by atoms with E-state index in [1.165, 1.54) is 293 Å². The maximum absolute atomic E-state index is 12.2. The number of benzene rings is 4. The molecule has 0 saturated carbocycles. The van der Waals surface area contributed by atoms with E-state index in [-0.39, 0.29) is 58.7 Å². The maximum atomic E-state index is 12.2. The molecule has 0 unspecified atom stereocenters. The van der Waals surface area contributed by atoms with E-state index in [4.69, 9.17) is 0 Å². The Balaban J connectivity index is 0.000000573. The first-order chi connectivity index (χ1) is 41.0. The summed E-state index contributed by atoms with van der Waals surface area (Å²) in [4.78, 5) is -0.0732. The Bertz CT molecular complexity index is 2300. The molecule has 0 spiro atoms. The molecular weight excluding hydrogens is 1210 g/mol. The van der Waals surface area contributed by atoms with Crippen LogP contribution < -0.4 is 0 Å². The van der Waals surface area contributed by atoms with Crippen LogP contribution in [0.1, 0.15) is 358 Å². The van der Waals surface area contributed by atoms with Crippen molar-refractivity contribution in [3.05, 3.63) is 82.9 Å². The fourth-order valence-electron chi connectivity index (χ4n) is 12.9. The summed E-state index contributed by atoms with van der Waals surface area (Å²) in [6.45, 7) is 9.08. The van der Waals surface area contributed by atoms with Crippen LogP contribution in [-0.2, 0) is 45.9 Å². The van der Waals surface area contributed by atoms with Crippen molar-refractivity contribution in [1.29, 1.82) is 0 Å². The molecule has 0 atom stereocenters. The first kappa shape index (κ1) is 79.9. The molecule has 4 rings (SSSR count). The molecule has 85 heavy (non-hydrogen) atoms. The molecule has 0 aromatic heterocycles. The Hall–Kier alpha value is -1.21. The molecular formula is C76H126BaO6S2. The number of fused-ring (bicyclic) bond motifs is 2. The predicted molar refractivity (Wildman–Crippen MR) is 369 cm³/mol. The van der Waals surface area contributed by atoms with Crippen LogP contribution in [0.15, 0.2) is 70.5 Å². The summed E-state index contributed by atoms with van der Waals surface area (Å²) in [6.07, 6.45) is 66.5. The van der Waals surface area contributed by atoms with Crippen LogP contribution >= 0.6 is 0 Å². The minimum absolute atomic E-state index is 0. The van der Waals surface area contributed by atoms with Gasteiger partial charge in [0.25, 0.3) is 0 Å². The summed E-state index contributed by atoms with van der Waals surface area (Å²) >= 11 is 0. The molecule has 0 aliphatic heterocycles. The molecule has 0 radical (unpaired) electrons. The number of unbranched alkanes of at least 4 members (excludes halogenated alkanes) is 44. The van der Waals surface area contributed by atoms with Gasteiger partial charge in [-0.3, -0.25) is 0 Å². The van der Waals surface area contributed by atoms with Crippen molar-refractivity contribution in [2.45, 2.75) is 371 Å². The molecule has 6 nitrogen and oxygen atoms in total. The monoisotopic (exact) mass is 1340 g/mol. The summed E-state index contributed by atoms with van der Waals surface area (Å²) in [5.74, 6) is 0. The summed E-state index contributed by atoms with van der Waals surface area (Å²) in [7, 11) is -9.04. The van der Waals surface area contributed by atoms with E-state index in [1.807, 2.05) is 12.1 Å². The zero-order chi connectivity index (χ0) is 60.6. The van der Waals surface area contributed by atoms with Gasteiger partial charge in [-0.1, -0.05) is 359 Å². The van der Waals surface area contributed by atoms with Gasteiger partial charge >= 0.3 is 48.9 Å². The van der Waals surface area contributed by atoms with E-state index in [2.05, 4.69) is 52.0 Å². The molecule has 0 aliphatic carbocycles. The van der Waals surface area contributed by atoms with Crippen molar-refractivity contribution in [2.24, 2.45) is 0 Å². The van der Waals surface area contributed by atoms with Crippen LogP contribution in [0, 0.1) is 0 Å². The summed E-state index contributed by atoms with van der Waals surface area (Å²) in [6, 6.07) is 19.1. The number of hydrogen-bond acceptors (Lipinski definition) is 6. The molecule has 480 valence electrons. The van der Waals surface area contributed by atoms with E-state index >= 15 is 0 Å². The van der Waals surface area contributed by atoms with E-state index in [0.717, 1.165) is 86.1 Å². The molecule has 9 heteroatoms. The zero-order valence-electron chi connectivity index (χ0n) is 55.5. The summed E-state index contributed by atoms with van der Waals surface area (Å²) < 4.78 is 73.2. The van der Waals surface area contributed by atoms with Crippen molar-refractivity contribution in [1.82, 2.24) is 0 Å². The van der Waals surface area contributed by atoms with Crippen molar-refractivity contribution in [3.8, 4) is 0 Å². The van der Waals surface area contributed by atoms with Crippen LogP contribution in [0.3, 0.4) is 0 Å². The van der Waals surface area contributed by atoms with Gasteiger partial charge in [-0.05, 0) is 96.5 Å². The van der Waals surface area contributed by atoms with E-state index in [1.54, 1.807) is 12.1 Å². The second-order valence-corrected chi connectivity index (χ2v) is 28.3. The first-order valence-electron chi connectivity index (χ1n) is 36.0. The summed E-state index contributed by atoms with van der Waals surface area (Å²) in [5, 5.41) is 3.30. The Morgan fingerprint density at radius 1 is 0.247 bits per heavy atom. The van der Waals surface area contributed by atoms with Crippen LogP contribution in [0.4, 0.5) is 0 Å². The fraction of sp³-hybridized carbons (Fsp3) is 0.737. The molecule has 0 aliphatic rings. The Labute approximate surface area is 565 Å². The molecule has 4 aromatic rings. The van der Waals surface area contributed by atoms with Gasteiger partial charge in [0.15, 0.2) is 0 Å². The van der Waals surface area contributed by atoms with E-state index in [0.29, 0.717) is 10.8 Å². The minimum atomic E-state index is -4.52. The molecule has 0 heterocycles. The molecule has 4 aromatic carbocycles. The predicted octanol–water partition coefficient (Wildman–Crippen LogP) is 24.1. The third-order valence-corrected chi connectivity index (χ3v) is 19.9. The fourth-order valence-corrected chi connectivity index (χ4v) is 14.4. The van der Waals surface area contributed by atoms with Gasteiger partial charge in [0, 0.05) is 10.8 Å². The minimum Gasteiger partial charge on any atom is -0.744 e. The molecule has 0 amide bonds. The number of aryl methyl sites for hydroxylation is 4. The van der Waals surface area contributed by atoms with Gasteiger partial charge < -0.3 is 9.11 Å². The molecule has 0 fully saturated rings. The second kappa shape index (κ2) is 52.4. The van der Waals surface area contributed by atoms with Gasteiger partial charge in [-0.25, -0.2) is 16.8 Å². The maximum Gasteiger partial charge on any atom is 2.00 e. The average Bonchev–Trinajstić information content (AvgIpc) is 3.00. The normalized spacial score (nSPS) is 11.8. The van der Waals surface area contributed by atoms with Crippen molar-refractivity contribution < 1.29 is 25.9 Å². The van der Waals surface area contributed by atoms with E-state index in [9.17, 15) is 25.9 Å². The van der Waals surface area contributed by atoms with Gasteiger partial charge in [-0.15, -0.1) is 0 Å². The van der Waals surface area contributed by atoms with Gasteiger partial charge in [0.05, 0.1) is 9.79 Å². The van der Waals surface area contributed by atoms with Crippen LogP contribution in [0.5, 0.6) is 0 Å². The van der Waals surface area contributed by atoms with E-state index < -0.39 is 20.2 Å². The Kier molecular flexibility index (Phi) is 49.3. The van der Waals surface area contributed by atoms with Gasteiger partial charge in [0.1, 0.15) is 20.2 Å². The number of rotatable bonds is 54. The topological polar surface area (TPSA) is 114 Å². The van der Waals surface area contributed by atoms with Gasteiger partial charge in [0.2, 0.25) is 0 Å². The largest absolute Gasteiger partial charge is 2.00 e. The Morgan fingerprint density at radius 3 is 0.624 bits per heavy atom. The average molecular weight is 1340 g/mol. The third kappa shape index (κ3) is 37.0. The second-order valence-electron chi connectivity index (χ2n) is 25.6. The van der Waals surface area contributed by atoms with Crippen LogP contribution in [0.2, 0.25) is 0 Å². The number of hydrogen-bond donors (Lipinski definition) is 0. The van der Waals surface area contributed by atoms with Crippen molar-refractivity contribution >= 4 is 90.7 Å². The molecule has 0 bridgehead atoms. The molecule has 0 saturated heterocycles. The first-order valence-corrected chi connectivity index (χ1v) is 38.8. The quantitative estimate of drug-likeness (QED) is 0.0247. The van der Waals surface area contributed by atoms with Crippen molar-refractivity contribution in [2.75, 3.05) is 0 Å². The van der Waals surface area contributed by atoms with Gasteiger partial charge in [-0.2, -0.15) is 0 Å². The smallest absolute Gasteiger partial charge is 0.744 e. The van der Waals surface area contributed by atoms with Crippen molar-refractivity contribution in [3.63, 3.8) is 0 Å². The third-order valence-electron chi connectivity index (χ3n) is 18.1. The standard InChI is InChI=1S/2C38H64O3S.Ba/c2*1-3-5-7-9-11-13-15-17-19-21-23-25-28-34-32-33-35(38-36(34)30-27-31-37(38)42(39,40)41)29-26-24-22-20-18-16-14-12-10-8-6-4-2;/h2*27,30-33H,3-26,28-29H2,1-2H3,(H,39,40,41);/q;;+2/p-2. The summed E-state index contributed by atoms with van der Waals surface area (Å²) in [5.41, 5.74) is 4.40.